The number of benzene rings is 2. The number of methoxy groups -OCH3 is 3. The highest BCUT2D eigenvalue weighted by molar-refractivity contribution is 7.07. The Morgan fingerprint density at radius 1 is 1.06 bits per heavy atom. The van der Waals surface area contributed by atoms with Gasteiger partial charge in [0, 0.05) is 5.56 Å². The zero-order chi connectivity index (χ0) is 24.2. The van der Waals surface area contributed by atoms with Crippen molar-refractivity contribution < 1.29 is 19.0 Å². The van der Waals surface area contributed by atoms with Crippen LogP contribution in [0.5, 0.6) is 11.5 Å². The van der Waals surface area contributed by atoms with Gasteiger partial charge in [0.25, 0.3) is 5.56 Å². The number of esters is 1. The molecule has 0 saturated heterocycles. The van der Waals surface area contributed by atoms with Crippen molar-refractivity contribution in [1.29, 1.82) is 0 Å². The molecule has 0 spiro atoms. The number of carbonyl (C=O) groups is 1. The molecule has 34 heavy (non-hydrogen) atoms. The molecule has 0 fully saturated rings. The number of hydrogen-bond acceptors (Lipinski definition) is 7. The van der Waals surface area contributed by atoms with E-state index in [0.29, 0.717) is 26.4 Å². The van der Waals surface area contributed by atoms with Gasteiger partial charge in [-0.25, -0.2) is 9.79 Å². The Morgan fingerprint density at radius 3 is 2.47 bits per heavy atom. The number of thiazole rings is 1. The first-order chi connectivity index (χ1) is 16.5. The number of rotatable bonds is 6. The van der Waals surface area contributed by atoms with Crippen LogP contribution in [-0.2, 0) is 9.53 Å². The molecule has 4 rings (SSSR count). The van der Waals surface area contributed by atoms with E-state index < -0.39 is 12.0 Å². The van der Waals surface area contributed by atoms with Crippen molar-refractivity contribution >= 4 is 29.5 Å². The summed E-state index contributed by atoms with van der Waals surface area (Å²) in [5.41, 5.74) is 2.27. The van der Waals surface area contributed by atoms with E-state index in [-0.39, 0.29) is 5.56 Å². The van der Waals surface area contributed by atoms with Gasteiger partial charge in [0.05, 0.1) is 43.2 Å². The van der Waals surface area contributed by atoms with Crippen molar-refractivity contribution in [1.82, 2.24) is 4.57 Å². The lowest BCUT2D eigenvalue weighted by Crippen LogP contribution is -2.39. The van der Waals surface area contributed by atoms with Crippen LogP contribution < -0.4 is 24.4 Å². The summed E-state index contributed by atoms with van der Waals surface area (Å²) in [5, 5.41) is 0. The monoisotopic (exact) mass is 476 g/mol. The van der Waals surface area contributed by atoms with Crippen molar-refractivity contribution in [2.75, 3.05) is 21.3 Å². The van der Waals surface area contributed by atoms with Crippen LogP contribution in [0.1, 0.15) is 24.1 Å². The lowest BCUT2D eigenvalue weighted by molar-refractivity contribution is -0.136. The largest absolute Gasteiger partial charge is 0.497 e. The molecule has 3 aromatic rings. The normalized spacial score (nSPS) is 15.8. The van der Waals surface area contributed by atoms with Gasteiger partial charge in [0.15, 0.2) is 4.80 Å². The number of carbonyl (C=O) groups excluding carboxylic acids is 1. The Balaban J connectivity index is 1.84. The van der Waals surface area contributed by atoms with Gasteiger partial charge in [-0.05, 0) is 36.8 Å². The van der Waals surface area contributed by atoms with Crippen LogP contribution in [0.15, 0.2) is 75.7 Å². The minimum absolute atomic E-state index is 0.233. The summed E-state index contributed by atoms with van der Waals surface area (Å²) in [5.74, 6) is 0.900. The van der Waals surface area contributed by atoms with E-state index in [1.807, 2.05) is 42.5 Å². The molecule has 0 amide bonds. The second kappa shape index (κ2) is 9.93. The van der Waals surface area contributed by atoms with E-state index in [2.05, 4.69) is 4.99 Å². The standard InChI is InChI=1S/C26H24N2O5S/c1-16-22(25(30)33-4)23(18-12-14-19(31-2)15-13-18)28-24(29)21(34-26(28)27-16)11-7-9-17-8-5-6-10-20(17)32-3/h5-15,23H,1-4H3. The summed E-state index contributed by atoms with van der Waals surface area (Å²) in [7, 11) is 4.52. The number of hydrogen-bond donors (Lipinski definition) is 0. The molecule has 1 unspecified atom stereocenters. The molecular weight excluding hydrogens is 452 g/mol. The van der Waals surface area contributed by atoms with Crippen LogP contribution in [-0.4, -0.2) is 31.9 Å². The van der Waals surface area contributed by atoms with Crippen LogP contribution in [0.2, 0.25) is 0 Å². The average molecular weight is 477 g/mol. The van der Waals surface area contributed by atoms with E-state index in [9.17, 15) is 9.59 Å². The van der Waals surface area contributed by atoms with Gasteiger partial charge in [-0.15, -0.1) is 0 Å². The zero-order valence-electron chi connectivity index (χ0n) is 19.3. The Morgan fingerprint density at radius 2 is 1.79 bits per heavy atom. The molecule has 2 heterocycles. The highest BCUT2D eigenvalue weighted by atomic mass is 32.1. The van der Waals surface area contributed by atoms with Gasteiger partial charge in [-0.2, -0.15) is 0 Å². The lowest BCUT2D eigenvalue weighted by Gasteiger charge is -2.24. The van der Waals surface area contributed by atoms with Gasteiger partial charge < -0.3 is 14.2 Å². The minimum Gasteiger partial charge on any atom is -0.497 e. The van der Waals surface area contributed by atoms with Crippen molar-refractivity contribution in [3.63, 3.8) is 0 Å². The first-order valence-electron chi connectivity index (χ1n) is 10.5. The topological polar surface area (TPSA) is 79.1 Å². The number of allylic oxidation sites excluding steroid dienone is 2. The highest BCUT2D eigenvalue weighted by Gasteiger charge is 2.33. The van der Waals surface area contributed by atoms with Gasteiger partial charge in [-0.1, -0.05) is 53.8 Å². The molecule has 1 aliphatic heterocycles. The molecule has 0 aliphatic carbocycles. The Bertz CT molecular complexity index is 1460. The average Bonchev–Trinajstić information content (AvgIpc) is 3.17. The second-order valence-electron chi connectivity index (χ2n) is 7.47. The summed E-state index contributed by atoms with van der Waals surface area (Å²) in [6.45, 7) is 1.75. The Labute approximate surface area is 200 Å². The first kappa shape index (κ1) is 23.3. The maximum absolute atomic E-state index is 13.5. The molecular formula is C26H24N2O5S. The van der Waals surface area contributed by atoms with Crippen LogP contribution in [0.4, 0.5) is 0 Å². The van der Waals surface area contributed by atoms with E-state index in [0.717, 1.165) is 16.9 Å². The number of aromatic nitrogens is 1. The molecule has 0 N–H and O–H groups in total. The van der Waals surface area contributed by atoms with Crippen molar-refractivity contribution in [3.05, 3.63) is 96.7 Å². The molecule has 1 aliphatic rings. The Hall–Kier alpha value is -3.91. The van der Waals surface area contributed by atoms with Gasteiger partial charge >= 0.3 is 5.97 Å². The molecule has 2 aromatic carbocycles. The molecule has 0 radical (unpaired) electrons. The van der Waals surface area contributed by atoms with Crippen molar-refractivity contribution in [2.45, 2.75) is 13.0 Å². The minimum atomic E-state index is -0.657. The predicted molar refractivity (Wildman–Crippen MR) is 132 cm³/mol. The number of ether oxygens (including phenoxy) is 3. The fraction of sp³-hybridized carbons (Fsp3) is 0.192. The predicted octanol–water partition coefficient (Wildman–Crippen LogP) is 3.09. The summed E-state index contributed by atoms with van der Waals surface area (Å²) in [6.07, 6.45) is 5.43. The van der Waals surface area contributed by atoms with Crippen LogP contribution in [0, 0.1) is 0 Å². The molecule has 0 bridgehead atoms. The molecule has 8 heteroatoms. The smallest absolute Gasteiger partial charge is 0.338 e. The molecule has 0 saturated carbocycles. The fourth-order valence-corrected chi connectivity index (χ4v) is 4.85. The maximum Gasteiger partial charge on any atom is 0.338 e. The van der Waals surface area contributed by atoms with E-state index >= 15 is 0 Å². The van der Waals surface area contributed by atoms with Crippen LogP contribution >= 0.6 is 11.3 Å². The SMILES string of the molecule is COC(=O)C1=C(C)N=c2sc(=CC=Cc3ccccc3OC)c(=O)n2C1c1ccc(OC)cc1. The van der Waals surface area contributed by atoms with E-state index in [1.165, 1.54) is 18.4 Å². The summed E-state index contributed by atoms with van der Waals surface area (Å²) >= 11 is 1.27. The van der Waals surface area contributed by atoms with Crippen molar-refractivity contribution in [3.8, 4) is 11.5 Å². The van der Waals surface area contributed by atoms with Crippen LogP contribution in [0.25, 0.3) is 12.2 Å². The van der Waals surface area contributed by atoms with Crippen molar-refractivity contribution in [2.24, 2.45) is 4.99 Å². The van der Waals surface area contributed by atoms with Gasteiger partial charge in [0.1, 0.15) is 11.5 Å². The molecule has 1 atom stereocenters. The molecule has 1 aromatic heterocycles. The fourth-order valence-electron chi connectivity index (χ4n) is 3.85. The van der Waals surface area contributed by atoms with E-state index in [4.69, 9.17) is 14.2 Å². The zero-order valence-corrected chi connectivity index (χ0v) is 20.1. The van der Waals surface area contributed by atoms with E-state index in [1.54, 1.807) is 50.0 Å². The summed E-state index contributed by atoms with van der Waals surface area (Å²) in [6, 6.07) is 14.2. The maximum atomic E-state index is 13.5. The number of nitrogens with zero attached hydrogens (tertiary/aromatic N) is 2. The number of para-hydroxylation sites is 1. The quantitative estimate of drug-likeness (QED) is 0.511. The molecule has 7 nitrogen and oxygen atoms in total. The summed E-state index contributed by atoms with van der Waals surface area (Å²) in [4.78, 5) is 31.2. The third-order valence-corrected chi connectivity index (χ3v) is 6.52. The van der Waals surface area contributed by atoms with Crippen LogP contribution in [0.3, 0.4) is 0 Å². The van der Waals surface area contributed by atoms with Gasteiger partial charge in [0.2, 0.25) is 0 Å². The third kappa shape index (κ3) is 4.32. The molecule has 174 valence electrons. The first-order valence-corrected chi connectivity index (χ1v) is 11.3. The summed E-state index contributed by atoms with van der Waals surface area (Å²) < 4.78 is 17.7. The third-order valence-electron chi connectivity index (χ3n) is 5.52. The second-order valence-corrected chi connectivity index (χ2v) is 8.48. The highest BCUT2D eigenvalue weighted by Crippen LogP contribution is 2.31. The van der Waals surface area contributed by atoms with Gasteiger partial charge in [-0.3, -0.25) is 9.36 Å². The Kier molecular flexibility index (Phi) is 6.79. The lowest BCUT2D eigenvalue weighted by atomic mass is 9.96. The number of fused-ring (bicyclic) bond motifs is 1.